The number of hydrogen-bond acceptors (Lipinski definition) is 2. The lowest BCUT2D eigenvalue weighted by Gasteiger charge is -2.35. The van der Waals surface area contributed by atoms with Gasteiger partial charge in [-0.25, -0.2) is 4.39 Å². The van der Waals surface area contributed by atoms with E-state index in [2.05, 4.69) is 102 Å². The zero-order valence-electron chi connectivity index (χ0n) is 23.5. The van der Waals surface area contributed by atoms with Gasteiger partial charge in [0.05, 0.1) is 0 Å². The molecule has 0 saturated heterocycles. The molecule has 34 heavy (non-hydrogen) atoms. The van der Waals surface area contributed by atoms with Crippen LogP contribution in [0, 0.1) is 5.82 Å². The van der Waals surface area contributed by atoms with Gasteiger partial charge in [0.25, 0.3) is 9.03 Å². The van der Waals surface area contributed by atoms with Crippen LogP contribution in [-0.4, -0.2) is 0 Å². The molecule has 0 bridgehead atoms. The lowest BCUT2D eigenvalue weighted by Crippen LogP contribution is -2.23. The van der Waals surface area contributed by atoms with Crippen LogP contribution in [0.4, 0.5) is 4.39 Å². The first kappa shape index (κ1) is 27.0. The van der Waals surface area contributed by atoms with Crippen LogP contribution in [-0.2, 0) is 21.7 Å². The molecule has 0 saturated carbocycles. The van der Waals surface area contributed by atoms with Gasteiger partial charge in [-0.15, -0.1) is 0 Å². The van der Waals surface area contributed by atoms with Crippen molar-refractivity contribution >= 4 is 9.03 Å². The fourth-order valence-corrected chi connectivity index (χ4v) is 5.26. The molecule has 0 aromatic heterocycles. The summed E-state index contributed by atoms with van der Waals surface area (Å²) in [5, 5.41) is 0. The van der Waals surface area contributed by atoms with Gasteiger partial charge >= 0.3 is 0 Å². The molecule has 0 aliphatic carbocycles. The molecule has 0 amide bonds. The van der Waals surface area contributed by atoms with E-state index in [1.807, 2.05) is 6.07 Å². The molecule has 1 aliphatic heterocycles. The molecule has 1 aliphatic rings. The summed E-state index contributed by atoms with van der Waals surface area (Å²) >= 11 is 0. The highest BCUT2D eigenvalue weighted by Crippen LogP contribution is 2.52. The Bertz CT molecular complexity index is 1090. The van der Waals surface area contributed by atoms with E-state index in [4.69, 9.17) is 9.05 Å². The van der Waals surface area contributed by atoms with Gasteiger partial charge in [-0.2, -0.15) is 0 Å². The normalized spacial score (nSPS) is 17.9. The van der Waals surface area contributed by atoms with Crippen LogP contribution >= 0.6 is 9.03 Å². The first-order chi connectivity index (χ1) is 15.2. The number of rotatable bonds is 0. The van der Waals surface area contributed by atoms with Crippen LogP contribution in [0.2, 0.25) is 0 Å². The second-order valence-corrected chi connectivity index (χ2v) is 14.6. The number of halogens is 1. The fourth-order valence-electron chi connectivity index (χ4n) is 4.60. The maximum Gasteiger partial charge on any atom is 0.275 e. The highest BCUT2D eigenvalue weighted by atomic mass is 31.1. The van der Waals surface area contributed by atoms with Crippen LogP contribution in [0.5, 0.6) is 11.5 Å². The zero-order valence-corrected chi connectivity index (χ0v) is 24.5. The predicted octanol–water partition coefficient (Wildman–Crippen LogP) is 9.45. The van der Waals surface area contributed by atoms with Gasteiger partial charge in [-0.1, -0.05) is 102 Å². The smallest absolute Gasteiger partial charge is 0.275 e. The van der Waals surface area contributed by atoms with E-state index >= 15 is 4.39 Å². The first-order valence-electron chi connectivity index (χ1n) is 12.4. The maximum absolute atomic E-state index is 16.4. The zero-order chi connectivity index (χ0) is 26.0. The van der Waals surface area contributed by atoms with Gasteiger partial charge in [0.1, 0.15) is 17.3 Å². The van der Waals surface area contributed by atoms with Crippen LogP contribution < -0.4 is 9.05 Å². The number of benzene rings is 2. The van der Waals surface area contributed by atoms with Crippen molar-refractivity contribution < 1.29 is 13.4 Å². The first-order valence-corrected chi connectivity index (χ1v) is 13.2. The van der Waals surface area contributed by atoms with E-state index in [0.717, 1.165) is 28.0 Å². The summed E-state index contributed by atoms with van der Waals surface area (Å²) in [6.07, 6.45) is 0. The highest BCUT2D eigenvalue weighted by molar-refractivity contribution is 7.27. The van der Waals surface area contributed by atoms with Gasteiger partial charge in [-0.3, -0.25) is 0 Å². The molecule has 2 aromatic rings. The molecule has 2 unspecified atom stereocenters. The standard InChI is InChI=1S/C30H44FO2P/c1-17-19-14-18(27(2,3)4)15-21(29(8,9)10)25(19)32-34-33-26-22(30(11,12)13)16-20(28(5,6)7)24(31)23(17)26/h14-17,34H,1-13H3. The summed E-state index contributed by atoms with van der Waals surface area (Å²) in [5.74, 6) is 1.11. The Kier molecular flexibility index (Phi) is 6.76. The van der Waals surface area contributed by atoms with Crippen LogP contribution in [0.3, 0.4) is 0 Å². The summed E-state index contributed by atoms with van der Waals surface area (Å²) in [4.78, 5) is 0. The van der Waals surface area contributed by atoms with Crippen molar-refractivity contribution in [3.05, 3.63) is 57.4 Å². The lowest BCUT2D eigenvalue weighted by atomic mass is 9.74. The van der Waals surface area contributed by atoms with Crippen molar-refractivity contribution in [2.45, 2.75) is 118 Å². The van der Waals surface area contributed by atoms with Crippen molar-refractivity contribution in [2.75, 3.05) is 0 Å². The Balaban J connectivity index is 2.46. The third-order valence-corrected chi connectivity index (χ3v) is 7.42. The van der Waals surface area contributed by atoms with Crippen LogP contribution in [0.15, 0.2) is 18.2 Å². The summed E-state index contributed by atoms with van der Waals surface area (Å²) in [6, 6.07) is 6.51. The van der Waals surface area contributed by atoms with Gasteiger partial charge in [0.15, 0.2) is 0 Å². The topological polar surface area (TPSA) is 18.5 Å². The largest absolute Gasteiger partial charge is 0.440 e. The Labute approximate surface area is 209 Å². The second-order valence-electron chi connectivity index (χ2n) is 14.0. The fraction of sp³-hybridized carbons (Fsp3) is 0.600. The van der Waals surface area contributed by atoms with Crippen LogP contribution in [0.25, 0.3) is 0 Å². The Morgan fingerprint density at radius 3 is 1.59 bits per heavy atom. The van der Waals surface area contributed by atoms with Crippen LogP contribution in [0.1, 0.15) is 129 Å². The average molecular weight is 487 g/mol. The molecule has 0 spiro atoms. The summed E-state index contributed by atoms with van der Waals surface area (Å²) in [7, 11) is -0.238. The van der Waals surface area contributed by atoms with E-state index < -0.39 is 0 Å². The summed E-state index contributed by atoms with van der Waals surface area (Å²) in [5.41, 5.74) is 5.15. The summed E-state index contributed by atoms with van der Waals surface area (Å²) in [6.45, 7) is 28.1. The minimum atomic E-state index is -0.327. The quantitative estimate of drug-likeness (QED) is 0.345. The van der Waals surface area contributed by atoms with Gasteiger partial charge in [0.2, 0.25) is 0 Å². The van der Waals surface area contributed by atoms with E-state index in [0.29, 0.717) is 11.3 Å². The molecule has 1 heterocycles. The van der Waals surface area contributed by atoms with Crippen molar-refractivity contribution in [3.63, 3.8) is 0 Å². The minimum absolute atomic E-state index is 0.0406. The molecule has 0 fully saturated rings. The Hall–Kier alpha value is -1.60. The molecule has 3 rings (SSSR count). The monoisotopic (exact) mass is 486 g/mol. The molecule has 188 valence electrons. The highest BCUT2D eigenvalue weighted by Gasteiger charge is 2.36. The van der Waals surface area contributed by atoms with E-state index in [1.54, 1.807) is 0 Å². The van der Waals surface area contributed by atoms with Crippen molar-refractivity contribution in [2.24, 2.45) is 0 Å². The average Bonchev–Trinajstić information content (AvgIpc) is 2.62. The number of fused-ring (bicyclic) bond motifs is 2. The molecule has 0 radical (unpaired) electrons. The molecular weight excluding hydrogens is 442 g/mol. The van der Waals surface area contributed by atoms with E-state index in [1.165, 1.54) is 5.56 Å². The Morgan fingerprint density at radius 2 is 1.12 bits per heavy atom. The molecule has 2 nitrogen and oxygen atoms in total. The maximum atomic E-state index is 16.4. The predicted molar refractivity (Wildman–Crippen MR) is 145 cm³/mol. The SMILES string of the molecule is CC1c2cc(C(C)(C)C)cc(C(C)(C)C)c2OPOc2c(C(C)(C)C)cc(C(C)(C)C)c(F)c21. The summed E-state index contributed by atoms with van der Waals surface area (Å²) < 4.78 is 29.1. The number of hydrogen-bond donors (Lipinski definition) is 0. The lowest BCUT2D eigenvalue weighted by molar-refractivity contribution is 0.442. The molecule has 0 N–H and O–H groups in total. The van der Waals surface area contributed by atoms with Crippen molar-refractivity contribution in [1.82, 2.24) is 0 Å². The Morgan fingerprint density at radius 1 is 0.647 bits per heavy atom. The third-order valence-electron chi connectivity index (χ3n) is 6.85. The third kappa shape index (κ3) is 5.01. The van der Waals surface area contributed by atoms with E-state index in [-0.39, 0.29) is 42.4 Å². The van der Waals surface area contributed by atoms with Crippen molar-refractivity contribution in [3.8, 4) is 11.5 Å². The second kappa shape index (κ2) is 8.51. The van der Waals surface area contributed by atoms with E-state index in [9.17, 15) is 0 Å². The molecule has 2 atom stereocenters. The van der Waals surface area contributed by atoms with Gasteiger partial charge in [0, 0.05) is 28.2 Å². The van der Waals surface area contributed by atoms with Gasteiger partial charge < -0.3 is 9.05 Å². The molecule has 2 aromatic carbocycles. The molecular formula is C30H44FO2P. The van der Waals surface area contributed by atoms with Gasteiger partial charge in [-0.05, 0) is 38.9 Å². The van der Waals surface area contributed by atoms with Crippen molar-refractivity contribution in [1.29, 1.82) is 0 Å². The molecule has 4 heteroatoms. The minimum Gasteiger partial charge on any atom is -0.440 e.